The molecule has 0 aliphatic carbocycles. The van der Waals surface area contributed by atoms with Crippen LogP contribution in [0, 0.1) is 5.95 Å². The third-order valence-electron chi connectivity index (χ3n) is 2.13. The molecule has 0 amide bonds. The van der Waals surface area contributed by atoms with Crippen LogP contribution in [-0.4, -0.2) is 15.2 Å². The molecule has 1 unspecified atom stereocenters. The fraction of sp³-hybridized carbons (Fsp3) is 0.200. The molecule has 0 saturated carbocycles. The van der Waals surface area contributed by atoms with E-state index in [4.69, 9.17) is 0 Å². The molecule has 78 valence electrons. The van der Waals surface area contributed by atoms with E-state index >= 15 is 0 Å². The molecule has 0 radical (unpaired) electrons. The Morgan fingerprint density at radius 1 is 1.53 bits per heavy atom. The van der Waals surface area contributed by atoms with E-state index in [0.717, 1.165) is 5.56 Å². The minimum atomic E-state index is -0.487. The number of halogens is 1. The molecular weight excluding hydrogens is 195 g/mol. The summed E-state index contributed by atoms with van der Waals surface area (Å²) in [6.45, 7) is 1.98. The van der Waals surface area contributed by atoms with Crippen LogP contribution in [0.25, 0.3) is 0 Å². The molecule has 2 aromatic rings. The number of hydrogen-bond donors (Lipinski definition) is 2. The summed E-state index contributed by atoms with van der Waals surface area (Å²) in [7, 11) is 0. The maximum atomic E-state index is 12.8. The van der Waals surface area contributed by atoms with Crippen molar-refractivity contribution >= 4 is 5.69 Å². The number of nitrogens with zero attached hydrogens (tertiary/aromatic N) is 2. The highest BCUT2D eigenvalue weighted by atomic mass is 19.1. The van der Waals surface area contributed by atoms with Crippen molar-refractivity contribution in [3.63, 3.8) is 0 Å². The Labute approximate surface area is 86.6 Å². The molecule has 0 aliphatic rings. The molecule has 0 aromatic carbocycles. The molecule has 4 nitrogen and oxygen atoms in total. The molecule has 0 fully saturated rings. The summed E-state index contributed by atoms with van der Waals surface area (Å²) in [6.07, 6.45) is 4.96. The van der Waals surface area contributed by atoms with E-state index in [-0.39, 0.29) is 6.04 Å². The number of rotatable bonds is 3. The highest BCUT2D eigenvalue weighted by molar-refractivity contribution is 5.43. The Kier molecular flexibility index (Phi) is 2.62. The van der Waals surface area contributed by atoms with Crippen molar-refractivity contribution < 1.29 is 4.39 Å². The lowest BCUT2D eigenvalue weighted by atomic mass is 10.2. The molecule has 2 N–H and O–H groups in total. The monoisotopic (exact) mass is 206 g/mol. The summed E-state index contributed by atoms with van der Waals surface area (Å²) in [5, 5.41) is 9.73. The van der Waals surface area contributed by atoms with Crippen LogP contribution in [0.2, 0.25) is 0 Å². The van der Waals surface area contributed by atoms with Gasteiger partial charge in [0.1, 0.15) is 0 Å². The standard InChI is InChI=1S/C10H11FN4/c1-7(8-5-13-14-6-8)15-9-2-3-12-10(11)4-9/h2-7H,1H3,(H,12,15)(H,13,14). The van der Waals surface area contributed by atoms with Gasteiger partial charge in [-0.3, -0.25) is 5.10 Å². The van der Waals surface area contributed by atoms with Gasteiger partial charge in [-0.1, -0.05) is 0 Å². The van der Waals surface area contributed by atoms with Gasteiger partial charge in [-0.05, 0) is 13.0 Å². The number of H-pyrrole nitrogens is 1. The normalized spacial score (nSPS) is 12.4. The summed E-state index contributed by atoms with van der Waals surface area (Å²) < 4.78 is 12.8. The fourth-order valence-corrected chi connectivity index (χ4v) is 1.32. The second-order valence-corrected chi connectivity index (χ2v) is 3.26. The number of aromatic amines is 1. The first-order valence-corrected chi connectivity index (χ1v) is 4.62. The zero-order chi connectivity index (χ0) is 10.7. The van der Waals surface area contributed by atoms with Gasteiger partial charge in [0, 0.05) is 29.7 Å². The maximum absolute atomic E-state index is 12.8. The zero-order valence-electron chi connectivity index (χ0n) is 8.24. The van der Waals surface area contributed by atoms with E-state index in [1.165, 1.54) is 12.3 Å². The lowest BCUT2D eigenvalue weighted by molar-refractivity contribution is 0.584. The number of nitrogens with one attached hydrogen (secondary N) is 2. The molecule has 0 bridgehead atoms. The molecule has 2 aromatic heterocycles. The number of hydrogen-bond acceptors (Lipinski definition) is 3. The molecule has 0 aliphatic heterocycles. The van der Waals surface area contributed by atoms with Crippen molar-refractivity contribution in [2.45, 2.75) is 13.0 Å². The Balaban J connectivity index is 2.09. The van der Waals surface area contributed by atoms with Gasteiger partial charge >= 0.3 is 0 Å². The summed E-state index contributed by atoms with van der Waals surface area (Å²) >= 11 is 0. The first-order chi connectivity index (χ1) is 7.25. The van der Waals surface area contributed by atoms with Crippen molar-refractivity contribution in [1.82, 2.24) is 15.2 Å². The Hall–Kier alpha value is -1.91. The predicted octanol–water partition coefficient (Wildman–Crippen LogP) is 2.12. The number of anilines is 1. The van der Waals surface area contributed by atoms with Crippen molar-refractivity contribution in [1.29, 1.82) is 0 Å². The van der Waals surface area contributed by atoms with E-state index in [1.54, 1.807) is 18.5 Å². The third kappa shape index (κ3) is 2.31. The van der Waals surface area contributed by atoms with Crippen LogP contribution in [0.15, 0.2) is 30.7 Å². The van der Waals surface area contributed by atoms with Crippen LogP contribution in [0.5, 0.6) is 0 Å². The molecule has 2 heterocycles. The van der Waals surface area contributed by atoms with Gasteiger partial charge < -0.3 is 5.32 Å². The van der Waals surface area contributed by atoms with Gasteiger partial charge in [0.2, 0.25) is 5.95 Å². The van der Waals surface area contributed by atoms with E-state index in [0.29, 0.717) is 5.69 Å². The molecule has 5 heteroatoms. The van der Waals surface area contributed by atoms with Crippen LogP contribution in [0.4, 0.5) is 10.1 Å². The average Bonchev–Trinajstić information content (AvgIpc) is 2.70. The second-order valence-electron chi connectivity index (χ2n) is 3.26. The minimum Gasteiger partial charge on any atom is -0.378 e. The topological polar surface area (TPSA) is 53.6 Å². The van der Waals surface area contributed by atoms with Crippen LogP contribution in [0.3, 0.4) is 0 Å². The van der Waals surface area contributed by atoms with Crippen LogP contribution < -0.4 is 5.32 Å². The predicted molar refractivity (Wildman–Crippen MR) is 54.8 cm³/mol. The van der Waals surface area contributed by atoms with Crippen molar-refractivity contribution in [2.24, 2.45) is 0 Å². The minimum absolute atomic E-state index is 0.0746. The Bertz CT molecular complexity index is 427. The highest BCUT2D eigenvalue weighted by Gasteiger charge is 2.06. The van der Waals surface area contributed by atoms with Crippen molar-refractivity contribution in [3.8, 4) is 0 Å². The Morgan fingerprint density at radius 3 is 3.07 bits per heavy atom. The lowest BCUT2D eigenvalue weighted by Crippen LogP contribution is -2.05. The Morgan fingerprint density at radius 2 is 2.40 bits per heavy atom. The molecule has 15 heavy (non-hydrogen) atoms. The first-order valence-electron chi connectivity index (χ1n) is 4.62. The molecule has 2 rings (SSSR count). The zero-order valence-corrected chi connectivity index (χ0v) is 8.24. The van der Waals surface area contributed by atoms with Crippen LogP contribution in [-0.2, 0) is 0 Å². The van der Waals surface area contributed by atoms with E-state index < -0.39 is 5.95 Å². The van der Waals surface area contributed by atoms with Crippen molar-refractivity contribution in [2.75, 3.05) is 5.32 Å². The quantitative estimate of drug-likeness (QED) is 0.756. The van der Waals surface area contributed by atoms with E-state index in [1.807, 2.05) is 6.92 Å². The third-order valence-corrected chi connectivity index (χ3v) is 2.13. The summed E-state index contributed by atoms with van der Waals surface area (Å²) in [6, 6.07) is 3.15. The summed E-state index contributed by atoms with van der Waals surface area (Å²) in [5.41, 5.74) is 1.73. The van der Waals surface area contributed by atoms with Gasteiger partial charge in [0.15, 0.2) is 0 Å². The summed E-state index contributed by atoms with van der Waals surface area (Å²) in [5.74, 6) is -0.487. The summed E-state index contributed by atoms with van der Waals surface area (Å²) in [4.78, 5) is 3.48. The van der Waals surface area contributed by atoms with Crippen molar-refractivity contribution in [3.05, 3.63) is 42.2 Å². The highest BCUT2D eigenvalue weighted by Crippen LogP contribution is 2.17. The average molecular weight is 206 g/mol. The van der Waals surface area contributed by atoms with Gasteiger partial charge in [-0.25, -0.2) is 4.98 Å². The molecule has 0 saturated heterocycles. The van der Waals surface area contributed by atoms with E-state index in [9.17, 15) is 4.39 Å². The second kappa shape index (κ2) is 4.08. The number of aromatic nitrogens is 3. The smallest absolute Gasteiger partial charge is 0.214 e. The fourth-order valence-electron chi connectivity index (χ4n) is 1.32. The van der Waals surface area contributed by atoms with E-state index in [2.05, 4.69) is 20.5 Å². The number of pyridine rings is 1. The first kappa shape index (κ1) is 9.64. The van der Waals surface area contributed by atoms with Crippen LogP contribution in [0.1, 0.15) is 18.5 Å². The lowest BCUT2D eigenvalue weighted by Gasteiger charge is -2.12. The van der Waals surface area contributed by atoms with Gasteiger partial charge in [-0.2, -0.15) is 9.49 Å². The van der Waals surface area contributed by atoms with Gasteiger partial charge in [0.25, 0.3) is 0 Å². The molecule has 0 spiro atoms. The van der Waals surface area contributed by atoms with Gasteiger partial charge in [-0.15, -0.1) is 0 Å². The maximum Gasteiger partial charge on any atom is 0.214 e. The SMILES string of the molecule is CC(Nc1ccnc(F)c1)c1cn[nH]c1. The largest absolute Gasteiger partial charge is 0.378 e. The molecular formula is C10H11FN4. The van der Waals surface area contributed by atoms with Gasteiger partial charge in [0.05, 0.1) is 12.2 Å². The van der Waals surface area contributed by atoms with Crippen LogP contribution >= 0.6 is 0 Å². The molecule has 1 atom stereocenters.